The fourth-order valence-corrected chi connectivity index (χ4v) is 2.70. The monoisotopic (exact) mass is 263 g/mol. The lowest BCUT2D eigenvalue weighted by Crippen LogP contribution is -2.09. The van der Waals surface area contributed by atoms with Crippen LogP contribution in [0.5, 0.6) is 5.75 Å². The van der Waals surface area contributed by atoms with Crippen LogP contribution in [-0.4, -0.2) is 18.3 Å². The summed E-state index contributed by atoms with van der Waals surface area (Å²) in [5.41, 5.74) is 6.57. The second kappa shape index (κ2) is 6.00. The van der Waals surface area contributed by atoms with Crippen LogP contribution in [0, 0.1) is 0 Å². The first-order valence-corrected chi connectivity index (χ1v) is 6.77. The summed E-state index contributed by atoms with van der Waals surface area (Å²) >= 11 is 1.57. The van der Waals surface area contributed by atoms with Crippen molar-refractivity contribution in [2.75, 3.05) is 13.2 Å². The largest absolute Gasteiger partial charge is 0.494 e. The summed E-state index contributed by atoms with van der Waals surface area (Å²) in [5.74, 6) is 0.875. The van der Waals surface area contributed by atoms with Gasteiger partial charge in [-0.3, -0.25) is 0 Å². The normalized spacial score (nSPS) is 12.4. The number of benzene rings is 1. The van der Waals surface area contributed by atoms with Crippen LogP contribution in [0.1, 0.15) is 17.9 Å². The van der Waals surface area contributed by atoms with Crippen molar-refractivity contribution in [3.05, 3.63) is 41.3 Å². The van der Waals surface area contributed by atoms with Crippen molar-refractivity contribution >= 4 is 11.3 Å². The van der Waals surface area contributed by atoms with E-state index in [9.17, 15) is 5.11 Å². The number of ether oxygens (including phenoxy) is 1. The number of nitrogens with two attached hydrogens (primary N) is 1. The fourth-order valence-electron chi connectivity index (χ4n) is 1.69. The zero-order valence-corrected chi connectivity index (χ0v) is 11.1. The molecule has 1 aromatic carbocycles. The Bertz CT molecular complexity index is 493. The number of aliphatic hydroxyl groups is 1. The van der Waals surface area contributed by atoms with Crippen LogP contribution in [-0.2, 0) is 0 Å². The molecule has 0 saturated heterocycles. The van der Waals surface area contributed by atoms with E-state index in [0.29, 0.717) is 6.61 Å². The van der Waals surface area contributed by atoms with Gasteiger partial charge < -0.3 is 15.6 Å². The van der Waals surface area contributed by atoms with Gasteiger partial charge in [0, 0.05) is 16.3 Å². The zero-order valence-electron chi connectivity index (χ0n) is 10.3. The standard InChI is InChI=1S/C14H17NO2S/c1-2-17-11-5-3-10(4-6-11)13-7-8-14(18-13)12(16)9-15/h3-8,12,16H,2,9,15H2,1H3. The fraction of sp³-hybridized carbons (Fsp3) is 0.286. The maximum Gasteiger partial charge on any atom is 0.119 e. The molecule has 0 aliphatic rings. The molecule has 1 heterocycles. The summed E-state index contributed by atoms with van der Waals surface area (Å²) < 4.78 is 5.40. The third-order valence-electron chi connectivity index (χ3n) is 2.63. The van der Waals surface area contributed by atoms with Crippen molar-refractivity contribution in [1.29, 1.82) is 0 Å². The molecular weight excluding hydrogens is 246 g/mol. The van der Waals surface area contributed by atoms with Crippen molar-refractivity contribution in [1.82, 2.24) is 0 Å². The van der Waals surface area contributed by atoms with Crippen molar-refractivity contribution in [2.24, 2.45) is 5.73 Å². The van der Waals surface area contributed by atoms with Gasteiger partial charge >= 0.3 is 0 Å². The molecule has 0 radical (unpaired) electrons. The van der Waals surface area contributed by atoms with Gasteiger partial charge in [-0.1, -0.05) is 0 Å². The number of rotatable bonds is 5. The van der Waals surface area contributed by atoms with E-state index in [4.69, 9.17) is 10.5 Å². The minimum Gasteiger partial charge on any atom is -0.494 e. The molecule has 0 bridgehead atoms. The molecule has 1 aromatic heterocycles. The molecule has 4 heteroatoms. The number of hydrogen-bond acceptors (Lipinski definition) is 4. The molecule has 3 N–H and O–H groups in total. The van der Waals surface area contributed by atoms with Crippen LogP contribution < -0.4 is 10.5 Å². The van der Waals surface area contributed by atoms with Crippen LogP contribution in [0.4, 0.5) is 0 Å². The van der Waals surface area contributed by atoms with Crippen LogP contribution in [0.25, 0.3) is 10.4 Å². The predicted molar refractivity (Wildman–Crippen MR) is 74.9 cm³/mol. The smallest absolute Gasteiger partial charge is 0.119 e. The Labute approximate surface area is 111 Å². The Morgan fingerprint density at radius 2 is 1.94 bits per heavy atom. The molecule has 0 saturated carbocycles. The first-order chi connectivity index (χ1) is 8.74. The van der Waals surface area contributed by atoms with E-state index in [0.717, 1.165) is 21.1 Å². The number of thiophene rings is 1. The topological polar surface area (TPSA) is 55.5 Å². The number of aliphatic hydroxyl groups excluding tert-OH is 1. The highest BCUT2D eigenvalue weighted by Gasteiger charge is 2.09. The first-order valence-electron chi connectivity index (χ1n) is 5.95. The van der Waals surface area contributed by atoms with Crippen molar-refractivity contribution in [2.45, 2.75) is 13.0 Å². The lowest BCUT2D eigenvalue weighted by atomic mass is 10.2. The zero-order chi connectivity index (χ0) is 13.0. The second-order valence-electron chi connectivity index (χ2n) is 3.91. The minimum absolute atomic E-state index is 0.253. The predicted octanol–water partition coefficient (Wildman–Crippen LogP) is 2.81. The molecule has 0 spiro atoms. The molecule has 1 unspecified atom stereocenters. The Hall–Kier alpha value is -1.36. The van der Waals surface area contributed by atoms with E-state index in [1.165, 1.54) is 0 Å². The maximum atomic E-state index is 9.67. The quantitative estimate of drug-likeness (QED) is 0.872. The lowest BCUT2D eigenvalue weighted by Gasteiger charge is -2.04. The van der Waals surface area contributed by atoms with E-state index in [1.54, 1.807) is 11.3 Å². The van der Waals surface area contributed by atoms with Crippen molar-refractivity contribution < 1.29 is 9.84 Å². The highest BCUT2D eigenvalue weighted by molar-refractivity contribution is 7.15. The Balaban J connectivity index is 2.18. The Morgan fingerprint density at radius 3 is 2.56 bits per heavy atom. The lowest BCUT2D eigenvalue weighted by molar-refractivity contribution is 0.190. The van der Waals surface area contributed by atoms with Gasteiger partial charge in [-0.2, -0.15) is 0 Å². The summed E-state index contributed by atoms with van der Waals surface area (Å²) in [6.45, 7) is 2.89. The first kappa shape index (κ1) is 13.1. The molecular formula is C14H17NO2S. The van der Waals surface area contributed by atoms with Gasteiger partial charge in [0.25, 0.3) is 0 Å². The van der Waals surface area contributed by atoms with Gasteiger partial charge in [-0.05, 0) is 48.9 Å². The van der Waals surface area contributed by atoms with Gasteiger partial charge in [0.15, 0.2) is 0 Å². The Morgan fingerprint density at radius 1 is 1.22 bits per heavy atom. The molecule has 3 nitrogen and oxygen atoms in total. The van der Waals surface area contributed by atoms with Gasteiger partial charge in [0.05, 0.1) is 6.61 Å². The molecule has 0 aliphatic carbocycles. The van der Waals surface area contributed by atoms with Gasteiger partial charge in [-0.25, -0.2) is 0 Å². The maximum absolute atomic E-state index is 9.67. The van der Waals surface area contributed by atoms with Crippen LogP contribution in [0.2, 0.25) is 0 Å². The summed E-state index contributed by atoms with van der Waals surface area (Å²) in [5, 5.41) is 9.67. The average Bonchev–Trinajstić information content (AvgIpc) is 2.89. The third-order valence-corrected chi connectivity index (χ3v) is 3.86. The summed E-state index contributed by atoms with van der Waals surface area (Å²) in [6.07, 6.45) is -0.563. The summed E-state index contributed by atoms with van der Waals surface area (Å²) in [7, 11) is 0. The van der Waals surface area contributed by atoms with E-state index in [1.807, 2.05) is 43.3 Å². The summed E-state index contributed by atoms with van der Waals surface area (Å²) in [6, 6.07) is 11.9. The molecule has 2 aromatic rings. The van der Waals surface area contributed by atoms with Crippen LogP contribution in [0.15, 0.2) is 36.4 Å². The van der Waals surface area contributed by atoms with E-state index < -0.39 is 6.10 Å². The molecule has 96 valence electrons. The van der Waals surface area contributed by atoms with E-state index in [-0.39, 0.29) is 6.54 Å². The van der Waals surface area contributed by atoms with Gasteiger partial charge in [0.1, 0.15) is 11.9 Å². The van der Waals surface area contributed by atoms with E-state index >= 15 is 0 Å². The molecule has 0 aliphatic heterocycles. The summed E-state index contributed by atoms with van der Waals surface area (Å²) in [4.78, 5) is 2.03. The van der Waals surface area contributed by atoms with Crippen LogP contribution in [0.3, 0.4) is 0 Å². The van der Waals surface area contributed by atoms with Crippen molar-refractivity contribution in [3.8, 4) is 16.2 Å². The Kier molecular flexibility index (Phi) is 4.36. The highest BCUT2D eigenvalue weighted by atomic mass is 32.1. The van der Waals surface area contributed by atoms with Crippen molar-refractivity contribution in [3.63, 3.8) is 0 Å². The molecule has 0 fully saturated rings. The third kappa shape index (κ3) is 2.90. The van der Waals surface area contributed by atoms with Crippen LogP contribution >= 0.6 is 11.3 Å². The van der Waals surface area contributed by atoms with Gasteiger partial charge in [0.2, 0.25) is 0 Å². The second-order valence-corrected chi connectivity index (χ2v) is 5.03. The molecule has 1 atom stereocenters. The van der Waals surface area contributed by atoms with Gasteiger partial charge in [-0.15, -0.1) is 11.3 Å². The SMILES string of the molecule is CCOc1ccc(-c2ccc(C(O)CN)s2)cc1. The van der Waals surface area contributed by atoms with E-state index in [2.05, 4.69) is 0 Å². The molecule has 18 heavy (non-hydrogen) atoms. The molecule has 0 amide bonds. The highest BCUT2D eigenvalue weighted by Crippen LogP contribution is 2.32. The average molecular weight is 263 g/mol. The minimum atomic E-state index is -0.563. The number of hydrogen-bond donors (Lipinski definition) is 2. The molecule has 2 rings (SSSR count).